The predicted octanol–water partition coefficient (Wildman–Crippen LogP) is 1.85. The van der Waals surface area contributed by atoms with Crippen LogP contribution in [0.15, 0.2) is 36.0 Å². The highest BCUT2D eigenvalue weighted by Crippen LogP contribution is 2.11. The monoisotopic (exact) mass is 359 g/mol. The lowest BCUT2D eigenvalue weighted by Gasteiger charge is -2.15. The quantitative estimate of drug-likeness (QED) is 0.434. The molecule has 26 heavy (non-hydrogen) atoms. The minimum absolute atomic E-state index is 0.158. The van der Waals surface area contributed by atoms with Crippen molar-refractivity contribution < 1.29 is 19.4 Å². The lowest BCUT2D eigenvalue weighted by molar-refractivity contribution is -0.139. The van der Waals surface area contributed by atoms with Gasteiger partial charge in [0, 0.05) is 12.7 Å². The van der Waals surface area contributed by atoms with Crippen LogP contribution < -0.4 is 15.4 Å². The van der Waals surface area contributed by atoms with Crippen LogP contribution in [0.5, 0.6) is 5.75 Å². The second-order valence-corrected chi connectivity index (χ2v) is 6.21. The predicted molar refractivity (Wildman–Crippen MR) is 97.4 cm³/mol. The van der Waals surface area contributed by atoms with Gasteiger partial charge in [0.25, 0.3) is 5.91 Å². The normalized spacial score (nSPS) is 12.2. The summed E-state index contributed by atoms with van der Waals surface area (Å²) in [6.07, 6.45) is 2.17. The number of amides is 1. The van der Waals surface area contributed by atoms with Gasteiger partial charge in [-0.25, -0.2) is 4.79 Å². The van der Waals surface area contributed by atoms with Crippen LogP contribution in [0, 0.1) is 17.2 Å². The van der Waals surface area contributed by atoms with E-state index in [-0.39, 0.29) is 11.5 Å². The first-order chi connectivity index (χ1) is 12.4. The van der Waals surface area contributed by atoms with E-state index in [9.17, 15) is 9.59 Å². The summed E-state index contributed by atoms with van der Waals surface area (Å²) in [4.78, 5) is 23.3. The Kier molecular flexibility index (Phi) is 8.71. The number of carboxylic acid groups (broad SMARTS) is 1. The van der Waals surface area contributed by atoms with Gasteiger partial charge in [-0.05, 0) is 36.5 Å². The first-order valence-corrected chi connectivity index (χ1v) is 8.37. The Morgan fingerprint density at radius 3 is 2.46 bits per heavy atom. The SMILES string of the molecule is COc1ccc(CCNC(=O)/C(C#N)=C\NC(CC(C)C)C(=O)O)cc1. The lowest BCUT2D eigenvalue weighted by Crippen LogP contribution is -2.35. The number of ether oxygens (including phenoxy) is 1. The summed E-state index contributed by atoms with van der Waals surface area (Å²) < 4.78 is 5.08. The van der Waals surface area contributed by atoms with E-state index in [1.54, 1.807) is 13.2 Å². The number of nitrogens with one attached hydrogen (secondary N) is 2. The van der Waals surface area contributed by atoms with Crippen molar-refractivity contribution in [3.8, 4) is 11.8 Å². The fourth-order valence-corrected chi connectivity index (χ4v) is 2.25. The van der Waals surface area contributed by atoms with E-state index in [4.69, 9.17) is 15.1 Å². The fraction of sp³-hybridized carbons (Fsp3) is 0.421. The number of rotatable bonds is 10. The zero-order chi connectivity index (χ0) is 19.5. The van der Waals surface area contributed by atoms with Crippen LogP contribution in [0.2, 0.25) is 0 Å². The largest absolute Gasteiger partial charge is 0.497 e. The molecule has 1 atom stereocenters. The maximum Gasteiger partial charge on any atom is 0.326 e. The molecule has 0 fully saturated rings. The zero-order valence-electron chi connectivity index (χ0n) is 15.3. The molecule has 3 N–H and O–H groups in total. The van der Waals surface area contributed by atoms with Crippen LogP contribution in [0.3, 0.4) is 0 Å². The second kappa shape index (κ2) is 10.8. The van der Waals surface area contributed by atoms with E-state index in [0.717, 1.165) is 11.3 Å². The molecule has 0 aromatic heterocycles. The highest BCUT2D eigenvalue weighted by Gasteiger charge is 2.18. The molecular weight excluding hydrogens is 334 g/mol. The molecule has 0 aliphatic carbocycles. The third-order valence-electron chi connectivity index (χ3n) is 3.66. The first-order valence-electron chi connectivity index (χ1n) is 8.37. The van der Waals surface area contributed by atoms with Gasteiger partial charge in [-0.2, -0.15) is 5.26 Å². The summed E-state index contributed by atoms with van der Waals surface area (Å²) in [5, 5.41) is 23.6. The van der Waals surface area contributed by atoms with E-state index in [2.05, 4.69) is 10.6 Å². The Morgan fingerprint density at radius 2 is 1.96 bits per heavy atom. The molecule has 7 nitrogen and oxygen atoms in total. The Bertz CT molecular complexity index is 675. The van der Waals surface area contributed by atoms with E-state index in [0.29, 0.717) is 19.4 Å². The van der Waals surface area contributed by atoms with Crippen molar-refractivity contribution in [2.24, 2.45) is 5.92 Å². The van der Waals surface area contributed by atoms with Crippen LogP contribution in [-0.4, -0.2) is 36.7 Å². The molecule has 0 heterocycles. The van der Waals surface area contributed by atoms with Crippen LogP contribution in [0.1, 0.15) is 25.8 Å². The molecule has 140 valence electrons. The number of benzene rings is 1. The minimum atomic E-state index is -1.02. The molecule has 0 saturated heterocycles. The van der Waals surface area contributed by atoms with E-state index in [1.807, 2.05) is 38.1 Å². The highest BCUT2D eigenvalue weighted by molar-refractivity contribution is 5.97. The van der Waals surface area contributed by atoms with Crippen molar-refractivity contribution in [2.45, 2.75) is 32.7 Å². The van der Waals surface area contributed by atoms with Crippen LogP contribution in [0.25, 0.3) is 0 Å². The number of nitriles is 1. The minimum Gasteiger partial charge on any atom is -0.497 e. The number of carbonyl (C=O) groups excluding carboxylic acids is 1. The Labute approximate surface area is 153 Å². The smallest absolute Gasteiger partial charge is 0.326 e. The van der Waals surface area contributed by atoms with Gasteiger partial charge in [0.2, 0.25) is 0 Å². The van der Waals surface area contributed by atoms with Crippen molar-refractivity contribution >= 4 is 11.9 Å². The standard InChI is InChI=1S/C19H25N3O4/c1-13(2)10-17(19(24)25)22-12-15(11-20)18(23)21-9-8-14-4-6-16(26-3)7-5-14/h4-7,12-13,17,22H,8-10H2,1-3H3,(H,21,23)(H,24,25)/b15-12-. The van der Waals surface area contributed by atoms with Gasteiger partial charge in [-0.1, -0.05) is 26.0 Å². The molecule has 1 unspecified atom stereocenters. The summed E-state index contributed by atoms with van der Waals surface area (Å²) in [6, 6.07) is 8.42. The van der Waals surface area contributed by atoms with Crippen molar-refractivity contribution in [1.82, 2.24) is 10.6 Å². The molecule has 0 radical (unpaired) electrons. The van der Waals surface area contributed by atoms with Gasteiger partial charge in [-0.3, -0.25) is 4.79 Å². The average molecular weight is 359 g/mol. The number of carboxylic acids is 1. The topological polar surface area (TPSA) is 111 Å². The summed E-state index contributed by atoms with van der Waals surface area (Å²) in [7, 11) is 1.59. The summed E-state index contributed by atoms with van der Waals surface area (Å²) in [5.41, 5.74) is 0.865. The molecule has 0 saturated carbocycles. The molecular formula is C19H25N3O4. The molecule has 1 aromatic carbocycles. The van der Waals surface area contributed by atoms with Gasteiger partial charge in [0.1, 0.15) is 23.4 Å². The summed E-state index contributed by atoms with van der Waals surface area (Å²) in [5.74, 6) is -0.636. The Morgan fingerprint density at radius 1 is 1.31 bits per heavy atom. The first kappa shape index (κ1) is 21.0. The third kappa shape index (κ3) is 7.26. The third-order valence-corrected chi connectivity index (χ3v) is 3.66. The number of hydrogen-bond donors (Lipinski definition) is 3. The highest BCUT2D eigenvalue weighted by atomic mass is 16.5. The molecule has 0 aliphatic rings. The van der Waals surface area contributed by atoms with Crippen LogP contribution in [-0.2, 0) is 16.0 Å². The van der Waals surface area contributed by atoms with Gasteiger partial charge in [0.05, 0.1) is 7.11 Å². The second-order valence-electron chi connectivity index (χ2n) is 6.21. The van der Waals surface area contributed by atoms with E-state index in [1.165, 1.54) is 6.20 Å². The van der Waals surface area contributed by atoms with Crippen LogP contribution >= 0.6 is 0 Å². The van der Waals surface area contributed by atoms with Gasteiger partial charge >= 0.3 is 5.97 Å². The number of carbonyl (C=O) groups is 2. The molecule has 0 spiro atoms. The molecule has 0 aliphatic heterocycles. The number of hydrogen-bond acceptors (Lipinski definition) is 5. The number of aliphatic carboxylic acids is 1. The molecule has 1 rings (SSSR count). The molecule has 1 amide bonds. The lowest BCUT2D eigenvalue weighted by atomic mass is 10.0. The van der Waals surface area contributed by atoms with E-state index < -0.39 is 17.9 Å². The summed E-state index contributed by atoms with van der Waals surface area (Å²) in [6.45, 7) is 4.16. The van der Waals surface area contributed by atoms with E-state index >= 15 is 0 Å². The van der Waals surface area contributed by atoms with Crippen molar-refractivity contribution in [3.63, 3.8) is 0 Å². The maximum atomic E-state index is 12.1. The van der Waals surface area contributed by atoms with Crippen LogP contribution in [0.4, 0.5) is 0 Å². The molecule has 7 heteroatoms. The molecule has 1 aromatic rings. The fourth-order valence-electron chi connectivity index (χ4n) is 2.25. The number of methoxy groups -OCH3 is 1. The van der Waals surface area contributed by atoms with Crippen molar-refractivity contribution in [1.29, 1.82) is 5.26 Å². The van der Waals surface area contributed by atoms with Gasteiger partial charge in [-0.15, -0.1) is 0 Å². The van der Waals surface area contributed by atoms with Gasteiger partial charge in [0.15, 0.2) is 0 Å². The average Bonchev–Trinajstić information content (AvgIpc) is 2.61. The summed E-state index contributed by atoms with van der Waals surface area (Å²) >= 11 is 0. The molecule has 0 bridgehead atoms. The van der Waals surface area contributed by atoms with Crippen molar-refractivity contribution in [2.75, 3.05) is 13.7 Å². The van der Waals surface area contributed by atoms with Crippen molar-refractivity contribution in [3.05, 3.63) is 41.6 Å². The maximum absolute atomic E-state index is 12.1. The van der Waals surface area contributed by atoms with Gasteiger partial charge < -0.3 is 20.5 Å². The Hall–Kier alpha value is -3.01. The number of nitrogens with zero attached hydrogens (tertiary/aromatic N) is 1. The Balaban J connectivity index is 2.56. The zero-order valence-corrected chi connectivity index (χ0v) is 15.3.